The molecule has 3 aromatic rings. The summed E-state index contributed by atoms with van der Waals surface area (Å²) in [7, 11) is 0. The normalized spacial score (nSPS) is 22.3. The fraction of sp³-hybridized carbons (Fsp3) is 0.174. The number of ether oxygens (including phenoxy) is 1. The van der Waals surface area contributed by atoms with E-state index in [0.717, 1.165) is 34.6 Å². The number of nitro benzene ring substituents is 1. The Morgan fingerprint density at radius 3 is 2.45 bits per heavy atom. The highest BCUT2D eigenvalue weighted by Gasteiger charge is 2.48. The number of hydrogen-bond donors (Lipinski definition) is 0. The van der Waals surface area contributed by atoms with E-state index in [0.29, 0.717) is 0 Å². The molecular formula is C23H19N3O3. The van der Waals surface area contributed by atoms with Crippen LogP contribution in [0.5, 0.6) is 5.75 Å². The SMILES string of the molecule is C[C@]1(c2ccc([N+](=O)[O-])cc2)Oc2ccccc2[C@@H]2CC(c3ccccc3)=NN21. The number of nitro groups is 1. The van der Waals surface area contributed by atoms with Crippen molar-refractivity contribution in [3.05, 3.63) is 106 Å². The van der Waals surface area contributed by atoms with E-state index < -0.39 is 10.6 Å². The highest BCUT2D eigenvalue weighted by Crippen LogP contribution is 2.50. The molecule has 2 aliphatic heterocycles. The van der Waals surface area contributed by atoms with Crippen molar-refractivity contribution in [2.75, 3.05) is 0 Å². The minimum atomic E-state index is -0.870. The Bertz CT molecular complexity index is 1110. The van der Waals surface area contributed by atoms with Crippen LogP contribution in [0.25, 0.3) is 0 Å². The van der Waals surface area contributed by atoms with E-state index in [9.17, 15) is 10.1 Å². The quantitative estimate of drug-likeness (QED) is 0.469. The van der Waals surface area contributed by atoms with Crippen molar-refractivity contribution in [1.82, 2.24) is 5.01 Å². The third kappa shape index (κ3) is 2.76. The van der Waals surface area contributed by atoms with Crippen LogP contribution in [0.2, 0.25) is 0 Å². The molecule has 5 rings (SSSR count). The lowest BCUT2D eigenvalue weighted by Gasteiger charge is -2.45. The monoisotopic (exact) mass is 385 g/mol. The van der Waals surface area contributed by atoms with Crippen molar-refractivity contribution in [3.63, 3.8) is 0 Å². The third-order valence-electron chi connectivity index (χ3n) is 5.66. The second kappa shape index (κ2) is 6.44. The molecule has 2 aliphatic rings. The average Bonchev–Trinajstić information content (AvgIpc) is 3.21. The first kappa shape index (κ1) is 17.4. The molecule has 0 saturated heterocycles. The maximum absolute atomic E-state index is 11.1. The largest absolute Gasteiger partial charge is 0.462 e. The summed E-state index contributed by atoms with van der Waals surface area (Å²) in [5.41, 5.74) is 3.20. The van der Waals surface area contributed by atoms with Crippen molar-refractivity contribution in [1.29, 1.82) is 0 Å². The van der Waals surface area contributed by atoms with Crippen molar-refractivity contribution in [3.8, 4) is 5.75 Å². The molecule has 0 amide bonds. The first-order chi connectivity index (χ1) is 14.1. The number of non-ortho nitro benzene ring substituents is 1. The summed E-state index contributed by atoms with van der Waals surface area (Å²) >= 11 is 0. The van der Waals surface area contributed by atoms with Crippen LogP contribution in [0.3, 0.4) is 0 Å². The molecule has 6 heteroatoms. The Morgan fingerprint density at radius 1 is 1.03 bits per heavy atom. The van der Waals surface area contributed by atoms with Crippen LogP contribution in [0.4, 0.5) is 5.69 Å². The molecular weight excluding hydrogens is 366 g/mol. The Hall–Kier alpha value is -3.67. The van der Waals surface area contributed by atoms with E-state index in [1.54, 1.807) is 12.1 Å². The third-order valence-corrected chi connectivity index (χ3v) is 5.66. The van der Waals surface area contributed by atoms with Crippen molar-refractivity contribution in [2.24, 2.45) is 5.10 Å². The first-order valence-corrected chi connectivity index (χ1v) is 9.51. The van der Waals surface area contributed by atoms with E-state index >= 15 is 0 Å². The van der Waals surface area contributed by atoms with Crippen LogP contribution in [0.15, 0.2) is 84.0 Å². The Labute approximate surface area is 168 Å². The number of hydrazone groups is 1. The Kier molecular flexibility index (Phi) is 3.87. The fourth-order valence-electron chi connectivity index (χ4n) is 4.14. The average molecular weight is 385 g/mol. The summed E-state index contributed by atoms with van der Waals surface area (Å²) in [6.07, 6.45) is 0.771. The van der Waals surface area contributed by atoms with Crippen LogP contribution in [0.1, 0.15) is 36.1 Å². The second-order valence-corrected chi connectivity index (χ2v) is 7.40. The van der Waals surface area contributed by atoms with Crippen LogP contribution >= 0.6 is 0 Å². The molecule has 0 saturated carbocycles. The minimum Gasteiger partial charge on any atom is -0.462 e. The molecule has 0 aliphatic carbocycles. The predicted molar refractivity (Wildman–Crippen MR) is 110 cm³/mol. The maximum atomic E-state index is 11.1. The Balaban J connectivity index is 1.63. The number of para-hydroxylation sites is 1. The smallest absolute Gasteiger partial charge is 0.269 e. The highest BCUT2D eigenvalue weighted by atomic mass is 16.6. The summed E-state index contributed by atoms with van der Waals surface area (Å²) in [4.78, 5) is 10.7. The summed E-state index contributed by atoms with van der Waals surface area (Å²) in [6, 6.07) is 24.7. The van der Waals surface area contributed by atoms with Crippen LogP contribution < -0.4 is 4.74 Å². The molecule has 144 valence electrons. The van der Waals surface area contributed by atoms with E-state index in [2.05, 4.69) is 18.2 Å². The van der Waals surface area contributed by atoms with Crippen LogP contribution in [-0.4, -0.2) is 15.6 Å². The summed E-state index contributed by atoms with van der Waals surface area (Å²) in [5.74, 6) is 0.819. The number of rotatable bonds is 3. The van der Waals surface area contributed by atoms with Gasteiger partial charge < -0.3 is 4.74 Å². The molecule has 0 spiro atoms. The van der Waals surface area contributed by atoms with Gasteiger partial charge in [0.15, 0.2) is 0 Å². The minimum absolute atomic E-state index is 0.0374. The van der Waals surface area contributed by atoms with E-state index in [1.165, 1.54) is 12.1 Å². The van der Waals surface area contributed by atoms with Gasteiger partial charge in [-0.15, -0.1) is 0 Å². The molecule has 0 aromatic heterocycles. The summed E-state index contributed by atoms with van der Waals surface area (Å²) in [5, 5.41) is 18.0. The molecule has 0 fully saturated rings. The van der Waals surface area contributed by atoms with Crippen molar-refractivity contribution in [2.45, 2.75) is 25.1 Å². The molecule has 2 heterocycles. The molecule has 0 unspecified atom stereocenters. The van der Waals surface area contributed by atoms with Crippen molar-refractivity contribution < 1.29 is 9.66 Å². The molecule has 2 atom stereocenters. The lowest BCUT2D eigenvalue weighted by molar-refractivity contribution is -0.384. The van der Waals surface area contributed by atoms with E-state index in [-0.39, 0.29) is 11.7 Å². The zero-order chi connectivity index (χ0) is 20.0. The van der Waals surface area contributed by atoms with Gasteiger partial charge >= 0.3 is 0 Å². The molecule has 3 aromatic carbocycles. The van der Waals surface area contributed by atoms with E-state index in [1.807, 2.05) is 48.3 Å². The summed E-state index contributed by atoms with van der Waals surface area (Å²) < 4.78 is 6.45. The zero-order valence-electron chi connectivity index (χ0n) is 15.9. The summed E-state index contributed by atoms with van der Waals surface area (Å²) in [6.45, 7) is 1.97. The van der Waals surface area contributed by atoms with Gasteiger partial charge in [0.25, 0.3) is 5.69 Å². The van der Waals surface area contributed by atoms with Crippen LogP contribution in [0, 0.1) is 10.1 Å². The van der Waals surface area contributed by atoms with E-state index in [4.69, 9.17) is 9.84 Å². The highest BCUT2D eigenvalue weighted by molar-refractivity contribution is 6.01. The van der Waals surface area contributed by atoms with Gasteiger partial charge in [0.1, 0.15) is 5.75 Å². The second-order valence-electron chi connectivity index (χ2n) is 7.40. The van der Waals surface area contributed by atoms with Gasteiger partial charge in [-0.2, -0.15) is 5.10 Å². The predicted octanol–water partition coefficient (Wildman–Crippen LogP) is 5.01. The first-order valence-electron chi connectivity index (χ1n) is 9.51. The number of hydrogen-bond acceptors (Lipinski definition) is 5. The number of benzene rings is 3. The molecule has 0 N–H and O–H groups in total. The molecule has 6 nitrogen and oxygen atoms in total. The topological polar surface area (TPSA) is 68.0 Å². The van der Waals surface area contributed by atoms with Gasteiger partial charge in [0.2, 0.25) is 5.72 Å². The lowest BCUT2D eigenvalue weighted by atomic mass is 9.92. The number of fused-ring (bicyclic) bond motifs is 3. The van der Waals surface area contributed by atoms with Crippen LogP contribution in [-0.2, 0) is 5.72 Å². The molecule has 0 radical (unpaired) electrons. The van der Waals surface area contributed by atoms with Crippen molar-refractivity contribution >= 4 is 11.4 Å². The number of nitrogens with zero attached hydrogens (tertiary/aromatic N) is 3. The van der Waals surface area contributed by atoms with Gasteiger partial charge in [-0.05, 0) is 23.8 Å². The molecule has 29 heavy (non-hydrogen) atoms. The lowest BCUT2D eigenvalue weighted by Crippen LogP contribution is -2.48. The molecule has 0 bridgehead atoms. The van der Waals surface area contributed by atoms with Gasteiger partial charge in [-0.25, -0.2) is 5.01 Å². The van der Waals surface area contributed by atoms with Gasteiger partial charge in [-0.3, -0.25) is 10.1 Å². The Morgan fingerprint density at radius 2 is 1.72 bits per heavy atom. The standard InChI is InChI=1S/C23H19N3O3/c1-23(17-11-13-18(14-12-17)26(27)28)25-21(19-9-5-6-10-22(19)29-23)15-20(24-25)16-7-3-2-4-8-16/h2-14,21H,15H2,1H3/t21-,23+/m0/s1. The van der Waals surface area contributed by atoms with Gasteiger partial charge in [0, 0.05) is 36.6 Å². The van der Waals surface area contributed by atoms with Gasteiger partial charge in [-0.1, -0.05) is 48.5 Å². The zero-order valence-corrected chi connectivity index (χ0v) is 15.9. The maximum Gasteiger partial charge on any atom is 0.269 e. The fourth-order valence-corrected chi connectivity index (χ4v) is 4.14. The van der Waals surface area contributed by atoms with Gasteiger partial charge in [0.05, 0.1) is 16.7 Å².